The molecule has 2 aromatic rings. The van der Waals surface area contributed by atoms with Gasteiger partial charge in [-0.3, -0.25) is 25.0 Å². The summed E-state index contributed by atoms with van der Waals surface area (Å²) in [6.45, 7) is 0. The van der Waals surface area contributed by atoms with E-state index in [4.69, 9.17) is 0 Å². The fraction of sp³-hybridized carbons (Fsp3) is 0. The molecule has 0 atom stereocenters. The first kappa shape index (κ1) is 18.0. The molecule has 0 saturated heterocycles. The van der Waals surface area contributed by atoms with Gasteiger partial charge in [0.05, 0.1) is 20.5 Å². The van der Waals surface area contributed by atoms with Gasteiger partial charge in [-0.2, -0.15) is 5.10 Å². The number of rotatable bonds is 5. The summed E-state index contributed by atoms with van der Waals surface area (Å²) in [5, 5.41) is 34.8. The molecule has 0 aliphatic heterocycles. The molecular weight excluding hydrogens is 400 g/mol. The smallest absolute Gasteiger partial charge is 0.271 e. The molecule has 2 N–H and O–H groups in total. The van der Waals surface area contributed by atoms with Gasteiger partial charge in [0.15, 0.2) is 0 Å². The van der Waals surface area contributed by atoms with Crippen molar-refractivity contribution in [1.29, 1.82) is 0 Å². The first-order chi connectivity index (χ1) is 11.8. The molecule has 11 heteroatoms. The van der Waals surface area contributed by atoms with Crippen molar-refractivity contribution in [3.05, 3.63) is 72.2 Å². The van der Waals surface area contributed by atoms with Crippen molar-refractivity contribution in [1.82, 2.24) is 5.43 Å². The van der Waals surface area contributed by atoms with Gasteiger partial charge in [0.1, 0.15) is 5.75 Å². The number of hydrazone groups is 1. The molecule has 0 spiro atoms. The Morgan fingerprint density at radius 3 is 2.28 bits per heavy atom. The molecule has 0 aromatic heterocycles. The third-order valence-corrected chi connectivity index (χ3v) is 3.60. The van der Waals surface area contributed by atoms with E-state index in [9.17, 15) is 30.1 Å². The summed E-state index contributed by atoms with van der Waals surface area (Å²) >= 11 is 2.98. The van der Waals surface area contributed by atoms with Gasteiger partial charge in [0.2, 0.25) is 0 Å². The fourth-order valence-corrected chi connectivity index (χ4v) is 2.23. The summed E-state index contributed by atoms with van der Waals surface area (Å²) in [6.07, 6.45) is 1.04. The Morgan fingerprint density at radius 1 is 1.12 bits per heavy atom. The topological polar surface area (TPSA) is 148 Å². The Labute approximate surface area is 148 Å². The molecule has 0 bridgehead atoms. The summed E-state index contributed by atoms with van der Waals surface area (Å²) < 4.78 is 0.102. The number of phenols is 1. The maximum absolute atomic E-state index is 11.9. The SMILES string of the molecule is O=C(N/N=C\c1cc([N+](=O)[O-])cc(Br)c1O)c1ccc([N+](=O)[O-])cc1. The lowest BCUT2D eigenvalue weighted by Gasteiger charge is -2.03. The van der Waals surface area contributed by atoms with Crippen LogP contribution in [0, 0.1) is 20.2 Å². The highest BCUT2D eigenvalue weighted by Gasteiger charge is 2.14. The van der Waals surface area contributed by atoms with Crippen LogP contribution in [-0.2, 0) is 0 Å². The minimum Gasteiger partial charge on any atom is -0.506 e. The van der Waals surface area contributed by atoms with Gasteiger partial charge in [0.25, 0.3) is 17.3 Å². The molecule has 0 fully saturated rings. The molecule has 2 aromatic carbocycles. The molecule has 2 rings (SSSR count). The van der Waals surface area contributed by atoms with Gasteiger partial charge in [-0.05, 0) is 28.1 Å². The average molecular weight is 409 g/mol. The normalized spacial score (nSPS) is 10.6. The lowest BCUT2D eigenvalue weighted by molar-refractivity contribution is -0.385. The number of nitrogens with one attached hydrogen (secondary N) is 1. The number of amides is 1. The molecule has 0 radical (unpaired) electrons. The predicted molar refractivity (Wildman–Crippen MR) is 90.6 cm³/mol. The number of halogens is 1. The zero-order chi connectivity index (χ0) is 18.6. The van der Waals surface area contributed by atoms with E-state index >= 15 is 0 Å². The van der Waals surface area contributed by atoms with Crippen molar-refractivity contribution in [2.75, 3.05) is 0 Å². The summed E-state index contributed by atoms with van der Waals surface area (Å²) in [4.78, 5) is 32.0. The predicted octanol–water partition coefficient (Wildman–Crippen LogP) is 2.74. The van der Waals surface area contributed by atoms with Crippen LogP contribution >= 0.6 is 15.9 Å². The number of hydrogen-bond donors (Lipinski definition) is 2. The second-order valence-corrected chi connectivity index (χ2v) is 5.48. The van der Waals surface area contributed by atoms with E-state index in [2.05, 4.69) is 26.5 Å². The lowest BCUT2D eigenvalue weighted by atomic mass is 10.2. The Kier molecular flexibility index (Phi) is 5.39. The first-order valence-corrected chi connectivity index (χ1v) is 7.33. The van der Waals surface area contributed by atoms with Gasteiger partial charge in [0, 0.05) is 35.4 Å². The van der Waals surface area contributed by atoms with Crippen LogP contribution in [0.25, 0.3) is 0 Å². The van der Waals surface area contributed by atoms with Crippen molar-refractivity contribution in [2.24, 2.45) is 5.10 Å². The van der Waals surface area contributed by atoms with Crippen molar-refractivity contribution in [3.63, 3.8) is 0 Å². The molecule has 0 saturated carbocycles. The fourth-order valence-electron chi connectivity index (χ4n) is 1.77. The molecule has 0 heterocycles. The minimum atomic E-state index is -0.643. The molecule has 1 amide bonds. The molecule has 10 nitrogen and oxygen atoms in total. The Hall–Kier alpha value is -3.34. The van der Waals surface area contributed by atoms with Crippen molar-refractivity contribution in [2.45, 2.75) is 0 Å². The molecule has 0 aliphatic rings. The summed E-state index contributed by atoms with van der Waals surface area (Å²) in [7, 11) is 0. The highest BCUT2D eigenvalue weighted by atomic mass is 79.9. The van der Waals surface area contributed by atoms with Crippen LogP contribution < -0.4 is 5.43 Å². The highest BCUT2D eigenvalue weighted by molar-refractivity contribution is 9.10. The third kappa shape index (κ3) is 4.35. The van der Waals surface area contributed by atoms with Crippen LogP contribution in [-0.4, -0.2) is 27.1 Å². The zero-order valence-electron chi connectivity index (χ0n) is 12.2. The number of nitrogens with zero attached hydrogens (tertiary/aromatic N) is 3. The average Bonchev–Trinajstić information content (AvgIpc) is 2.58. The first-order valence-electron chi connectivity index (χ1n) is 6.54. The molecule has 25 heavy (non-hydrogen) atoms. The maximum Gasteiger partial charge on any atom is 0.271 e. The lowest BCUT2D eigenvalue weighted by Crippen LogP contribution is -2.17. The van der Waals surface area contributed by atoms with E-state index < -0.39 is 15.8 Å². The largest absolute Gasteiger partial charge is 0.506 e. The van der Waals surface area contributed by atoms with Crippen LogP contribution in [0.4, 0.5) is 11.4 Å². The second kappa shape index (κ2) is 7.49. The Morgan fingerprint density at radius 2 is 1.72 bits per heavy atom. The number of non-ortho nitro benzene ring substituents is 2. The van der Waals surface area contributed by atoms with Crippen LogP contribution in [0.5, 0.6) is 5.75 Å². The number of carbonyl (C=O) groups is 1. The molecule has 128 valence electrons. The van der Waals surface area contributed by atoms with E-state index in [1.54, 1.807) is 0 Å². The van der Waals surface area contributed by atoms with E-state index in [0.717, 1.165) is 18.3 Å². The quantitative estimate of drug-likeness (QED) is 0.441. The van der Waals surface area contributed by atoms with E-state index in [1.807, 2.05) is 0 Å². The van der Waals surface area contributed by atoms with Crippen LogP contribution in [0.15, 0.2) is 46.0 Å². The standard InChI is InChI=1S/C14H9BrN4O6/c15-12-6-11(19(24)25)5-9(13(12)20)7-16-17-14(21)8-1-3-10(4-2-8)18(22)23/h1-7,20H,(H,17,21)/b16-7-. The van der Waals surface area contributed by atoms with Crippen LogP contribution in [0.2, 0.25) is 0 Å². The summed E-state index contributed by atoms with van der Waals surface area (Å²) in [5.41, 5.74) is 1.87. The maximum atomic E-state index is 11.9. The number of nitro benzene ring substituents is 2. The highest BCUT2D eigenvalue weighted by Crippen LogP contribution is 2.31. The monoisotopic (exact) mass is 408 g/mol. The number of hydrogen-bond acceptors (Lipinski definition) is 7. The van der Waals surface area contributed by atoms with Crippen LogP contribution in [0.1, 0.15) is 15.9 Å². The number of benzene rings is 2. The zero-order valence-corrected chi connectivity index (χ0v) is 13.8. The van der Waals surface area contributed by atoms with Crippen molar-refractivity contribution >= 4 is 39.4 Å². The van der Waals surface area contributed by atoms with Gasteiger partial charge >= 0.3 is 0 Å². The minimum absolute atomic E-state index is 0.0186. The van der Waals surface area contributed by atoms with Gasteiger partial charge in [-0.25, -0.2) is 5.43 Å². The number of phenolic OH excluding ortho intramolecular Hbond substituents is 1. The number of carbonyl (C=O) groups excluding carboxylic acids is 1. The molecule has 0 aliphatic carbocycles. The van der Waals surface area contributed by atoms with Crippen molar-refractivity contribution < 1.29 is 19.7 Å². The second-order valence-electron chi connectivity index (χ2n) is 4.63. The summed E-state index contributed by atoms with van der Waals surface area (Å²) in [6, 6.07) is 7.06. The molecule has 0 unspecified atom stereocenters. The van der Waals surface area contributed by atoms with Crippen molar-refractivity contribution in [3.8, 4) is 5.75 Å². The van der Waals surface area contributed by atoms with E-state index in [0.29, 0.717) is 0 Å². The van der Waals surface area contributed by atoms with Gasteiger partial charge in [-0.15, -0.1) is 0 Å². The van der Waals surface area contributed by atoms with E-state index in [-0.39, 0.29) is 32.7 Å². The number of nitro groups is 2. The van der Waals surface area contributed by atoms with Gasteiger partial charge < -0.3 is 5.11 Å². The number of aromatic hydroxyl groups is 1. The Balaban J connectivity index is 2.14. The van der Waals surface area contributed by atoms with E-state index in [1.165, 1.54) is 24.3 Å². The van der Waals surface area contributed by atoms with Gasteiger partial charge in [-0.1, -0.05) is 0 Å². The van der Waals surface area contributed by atoms with Crippen LogP contribution in [0.3, 0.4) is 0 Å². The molecular formula is C14H9BrN4O6. The summed E-state index contributed by atoms with van der Waals surface area (Å²) in [5.74, 6) is -0.922. The third-order valence-electron chi connectivity index (χ3n) is 3.00. The Bertz CT molecular complexity index is 882.